The number of alkyl halides is 5. The lowest BCUT2D eigenvalue weighted by atomic mass is 9.81. The zero-order valence-corrected chi connectivity index (χ0v) is 25.3. The molecule has 3 fully saturated rings. The van der Waals surface area contributed by atoms with E-state index in [0.29, 0.717) is 55.7 Å². The third-order valence-corrected chi connectivity index (χ3v) is 9.14. The van der Waals surface area contributed by atoms with Gasteiger partial charge in [-0.05, 0) is 38.2 Å². The van der Waals surface area contributed by atoms with Crippen molar-refractivity contribution < 1.29 is 36.3 Å². The average molecular weight is 654 g/mol. The van der Waals surface area contributed by atoms with Crippen molar-refractivity contribution in [2.24, 2.45) is 17.8 Å². The van der Waals surface area contributed by atoms with Gasteiger partial charge in [0.2, 0.25) is 11.8 Å². The maximum atomic E-state index is 14.1. The van der Waals surface area contributed by atoms with Crippen LogP contribution in [0.25, 0.3) is 5.78 Å². The molecule has 0 radical (unpaired) electrons. The Labute approximate surface area is 261 Å². The van der Waals surface area contributed by atoms with Gasteiger partial charge in [-0.15, -0.1) is 0 Å². The van der Waals surface area contributed by atoms with Gasteiger partial charge in [0.15, 0.2) is 5.82 Å². The topological polar surface area (TPSA) is 132 Å². The van der Waals surface area contributed by atoms with Crippen molar-refractivity contribution >= 4 is 23.4 Å². The molecule has 0 spiro atoms. The Morgan fingerprint density at radius 3 is 2.63 bits per heavy atom. The predicted molar refractivity (Wildman–Crippen MR) is 153 cm³/mol. The van der Waals surface area contributed by atoms with Crippen molar-refractivity contribution in [1.82, 2.24) is 40.0 Å². The molecule has 2 N–H and O–H groups in total. The Balaban J connectivity index is 1.35. The van der Waals surface area contributed by atoms with Gasteiger partial charge in [-0.2, -0.15) is 28.4 Å². The number of aromatic nitrogens is 6. The highest BCUT2D eigenvalue weighted by atomic mass is 19.4. The predicted octanol–water partition coefficient (Wildman–Crippen LogP) is 3.33. The normalized spacial score (nSPS) is 23.3. The summed E-state index contributed by atoms with van der Waals surface area (Å²) in [5, 5.41) is 14.2. The number of hydrogen-bond donors (Lipinski definition) is 2. The monoisotopic (exact) mass is 653 g/mol. The molecule has 2 amide bonds. The molecule has 3 aliphatic rings. The van der Waals surface area contributed by atoms with Crippen LogP contribution in [0.3, 0.4) is 0 Å². The number of imidazole rings is 1. The van der Waals surface area contributed by atoms with Gasteiger partial charge in [-0.1, -0.05) is 0 Å². The quantitative estimate of drug-likeness (QED) is 0.354. The van der Waals surface area contributed by atoms with E-state index in [1.165, 1.54) is 15.4 Å². The Hall–Kier alpha value is -3.89. The largest absolute Gasteiger partial charge is 0.393 e. The second-order valence-electron chi connectivity index (χ2n) is 12.2. The van der Waals surface area contributed by atoms with Gasteiger partial charge >= 0.3 is 6.18 Å². The summed E-state index contributed by atoms with van der Waals surface area (Å²) in [5.41, 5.74) is 1.00. The summed E-state index contributed by atoms with van der Waals surface area (Å²) >= 11 is 0. The van der Waals surface area contributed by atoms with Crippen LogP contribution in [-0.4, -0.2) is 86.1 Å². The maximum Gasteiger partial charge on any atom is 0.393 e. The van der Waals surface area contributed by atoms with Crippen molar-refractivity contribution in [1.29, 1.82) is 0 Å². The molecule has 1 saturated carbocycles. The van der Waals surface area contributed by atoms with Crippen LogP contribution in [0.4, 0.5) is 27.8 Å². The fourth-order valence-electron chi connectivity index (χ4n) is 6.56. The molecule has 1 unspecified atom stereocenters. The van der Waals surface area contributed by atoms with Gasteiger partial charge in [0.1, 0.15) is 11.4 Å². The Morgan fingerprint density at radius 2 is 1.93 bits per heavy atom. The fraction of sp³-hybridized carbons (Fsp3) is 0.655. The number of fused-ring (bicyclic) bond motifs is 1. The van der Waals surface area contributed by atoms with Gasteiger partial charge in [-0.25, -0.2) is 18.3 Å². The lowest BCUT2D eigenvalue weighted by Crippen LogP contribution is -2.47. The fourth-order valence-corrected chi connectivity index (χ4v) is 6.56. The molecule has 3 aromatic rings. The van der Waals surface area contributed by atoms with Crippen molar-refractivity contribution in [3.05, 3.63) is 35.5 Å². The zero-order valence-electron chi connectivity index (χ0n) is 25.3. The number of hydrogen-bond acceptors (Lipinski definition) is 8. The number of nitrogens with zero attached hydrogens (tertiary/aromatic N) is 7. The van der Waals surface area contributed by atoms with Crippen LogP contribution >= 0.6 is 0 Å². The molecular weight excluding hydrogens is 617 g/mol. The highest BCUT2D eigenvalue weighted by molar-refractivity contribution is 5.92. The Morgan fingerprint density at radius 1 is 1.20 bits per heavy atom. The summed E-state index contributed by atoms with van der Waals surface area (Å²) < 4.78 is 77.3. The van der Waals surface area contributed by atoms with E-state index in [2.05, 4.69) is 20.7 Å². The standard InChI is InChI=1S/C29H36F5N9O3/c1-2-42-22(5-8-36-42)26(45)38-23(17-3-6-28(30,31)7-4-17)21-16-43-27(37-21)39-24(41-9-11-46-12-10-41)20(40-43)14-18-13-19(29(32,33)34)15-35-25(18)44/h5,8,16-19,23H,2-4,6-7,9-15H2,1H3,(H,35,44)(H,38,45)/t18?,19-,23+/m1/s1. The number of piperidine rings is 1. The molecule has 17 heteroatoms. The number of aryl methyl sites for hydroxylation is 1. The van der Waals surface area contributed by atoms with Crippen LogP contribution in [0.1, 0.15) is 66.9 Å². The third-order valence-electron chi connectivity index (χ3n) is 9.14. The summed E-state index contributed by atoms with van der Waals surface area (Å²) in [5.74, 6) is -6.15. The average Bonchev–Trinajstić information content (AvgIpc) is 3.67. The van der Waals surface area contributed by atoms with E-state index in [0.717, 1.165) is 0 Å². The van der Waals surface area contributed by atoms with E-state index in [4.69, 9.17) is 14.8 Å². The number of morpholine rings is 1. The van der Waals surface area contributed by atoms with Gasteiger partial charge in [0.25, 0.3) is 11.7 Å². The first-order valence-corrected chi connectivity index (χ1v) is 15.6. The highest BCUT2D eigenvalue weighted by Gasteiger charge is 2.45. The van der Waals surface area contributed by atoms with E-state index in [1.54, 1.807) is 12.3 Å². The maximum absolute atomic E-state index is 14.1. The smallest absolute Gasteiger partial charge is 0.378 e. The molecule has 46 heavy (non-hydrogen) atoms. The molecule has 3 atom stereocenters. The van der Waals surface area contributed by atoms with Gasteiger partial charge in [0, 0.05) is 57.6 Å². The number of halogens is 5. The molecule has 0 aromatic carbocycles. The first-order valence-electron chi connectivity index (χ1n) is 15.6. The molecule has 2 saturated heterocycles. The Kier molecular flexibility index (Phi) is 8.87. The van der Waals surface area contributed by atoms with Crippen LogP contribution < -0.4 is 15.5 Å². The SMILES string of the molecule is CCn1nccc1C(=O)N[C@H](c1cn2nc(CC3C[C@@H](C(F)(F)F)CNC3=O)c(N3CCOCC3)nc2n1)C1CCC(F)(F)CC1. The molecule has 6 rings (SSSR count). The first-order chi connectivity index (χ1) is 21.9. The molecule has 5 heterocycles. The Bertz CT molecular complexity index is 1560. The molecule has 0 bridgehead atoms. The van der Waals surface area contributed by atoms with E-state index in [1.807, 2.05) is 11.8 Å². The molecule has 2 aliphatic heterocycles. The molecule has 3 aromatic heterocycles. The minimum Gasteiger partial charge on any atom is -0.378 e. The van der Waals surface area contributed by atoms with E-state index in [-0.39, 0.29) is 50.2 Å². The minimum absolute atomic E-state index is 0.0829. The van der Waals surface area contributed by atoms with Crippen molar-refractivity contribution in [2.45, 2.75) is 70.1 Å². The van der Waals surface area contributed by atoms with Crippen LogP contribution in [0, 0.1) is 17.8 Å². The van der Waals surface area contributed by atoms with E-state index < -0.39 is 48.3 Å². The van der Waals surface area contributed by atoms with Crippen LogP contribution in [0.2, 0.25) is 0 Å². The molecule has 12 nitrogen and oxygen atoms in total. The second-order valence-corrected chi connectivity index (χ2v) is 12.2. The van der Waals surface area contributed by atoms with Gasteiger partial charge in [0.05, 0.1) is 37.1 Å². The third kappa shape index (κ3) is 6.78. The number of ether oxygens (including phenoxy) is 1. The van der Waals surface area contributed by atoms with Crippen molar-refractivity contribution in [2.75, 3.05) is 37.7 Å². The van der Waals surface area contributed by atoms with Crippen molar-refractivity contribution in [3.63, 3.8) is 0 Å². The lowest BCUT2D eigenvalue weighted by Gasteiger charge is -2.33. The van der Waals surface area contributed by atoms with Crippen LogP contribution in [0.5, 0.6) is 0 Å². The number of carbonyl (C=O) groups excluding carboxylic acids is 2. The summed E-state index contributed by atoms with van der Waals surface area (Å²) in [4.78, 5) is 37.4. The zero-order chi connectivity index (χ0) is 32.6. The number of rotatable bonds is 8. The summed E-state index contributed by atoms with van der Waals surface area (Å²) in [6, 6.07) is 0.822. The summed E-state index contributed by atoms with van der Waals surface area (Å²) in [6.07, 6.45) is -2.19. The van der Waals surface area contributed by atoms with E-state index in [9.17, 15) is 31.5 Å². The van der Waals surface area contributed by atoms with Gasteiger partial charge < -0.3 is 20.3 Å². The molecular formula is C29H36F5N9O3. The van der Waals surface area contributed by atoms with Gasteiger partial charge in [-0.3, -0.25) is 14.3 Å². The highest BCUT2D eigenvalue weighted by Crippen LogP contribution is 2.41. The summed E-state index contributed by atoms with van der Waals surface area (Å²) in [6.45, 7) is 3.54. The van der Waals surface area contributed by atoms with E-state index >= 15 is 0 Å². The molecule has 250 valence electrons. The number of carbonyl (C=O) groups is 2. The number of amides is 2. The molecule has 1 aliphatic carbocycles. The lowest BCUT2D eigenvalue weighted by molar-refractivity contribution is -0.183. The number of anilines is 1. The summed E-state index contributed by atoms with van der Waals surface area (Å²) in [7, 11) is 0. The van der Waals surface area contributed by atoms with Crippen molar-refractivity contribution in [3.8, 4) is 0 Å². The first kappa shape index (κ1) is 32.1. The van der Waals surface area contributed by atoms with Crippen LogP contribution in [0.15, 0.2) is 18.5 Å². The number of nitrogens with one attached hydrogen (secondary N) is 2. The van der Waals surface area contributed by atoms with Crippen LogP contribution in [-0.2, 0) is 22.5 Å². The minimum atomic E-state index is -4.45. The second kappa shape index (κ2) is 12.7.